The molecule has 2 aliphatic rings. The highest BCUT2D eigenvalue weighted by atomic mass is 35.5. The van der Waals surface area contributed by atoms with E-state index >= 15 is 0 Å². The smallest absolute Gasteiger partial charge is 0.229 e. The minimum absolute atomic E-state index is 0.145. The van der Waals surface area contributed by atoms with Crippen molar-refractivity contribution in [2.45, 2.75) is 37.7 Å². The number of ether oxygens (including phenoxy) is 1. The van der Waals surface area contributed by atoms with Gasteiger partial charge in [0, 0.05) is 36.4 Å². The van der Waals surface area contributed by atoms with Crippen LogP contribution in [-0.4, -0.2) is 53.2 Å². The molecular weight excluding hydrogens is 577 g/mol. The molecule has 1 saturated heterocycles. The molecule has 1 aromatic heterocycles. The lowest BCUT2D eigenvalue weighted by Gasteiger charge is -2.31. The first-order valence-electron chi connectivity index (χ1n) is 15.0. The third-order valence-electron chi connectivity index (χ3n) is 8.55. The molecule has 3 aromatic carbocycles. The molecule has 1 fully saturated rings. The largest absolute Gasteiger partial charge is 0.491 e. The molecule has 1 aliphatic heterocycles. The van der Waals surface area contributed by atoms with E-state index < -0.39 is 17.9 Å². The van der Waals surface area contributed by atoms with Crippen molar-refractivity contribution in [2.75, 3.05) is 26.2 Å². The molecule has 0 saturated carbocycles. The van der Waals surface area contributed by atoms with Crippen LogP contribution in [0, 0.1) is 5.82 Å². The summed E-state index contributed by atoms with van der Waals surface area (Å²) in [5.41, 5.74) is 14.5. The topological polar surface area (TPSA) is 88.7 Å². The number of nitrogens with two attached hydrogens (primary N) is 1. The number of hydrogen-bond donors (Lipinski definition) is 2. The average molecular weight is 612 g/mol. The Hall–Kier alpha value is -4.04. The Morgan fingerprint density at radius 3 is 2.34 bits per heavy atom. The van der Waals surface area contributed by atoms with E-state index in [4.69, 9.17) is 27.1 Å². The van der Waals surface area contributed by atoms with Gasteiger partial charge in [0.15, 0.2) is 0 Å². The van der Waals surface area contributed by atoms with Crippen LogP contribution >= 0.6 is 11.6 Å². The molecule has 3 N–H and O–H groups in total. The van der Waals surface area contributed by atoms with E-state index in [1.807, 2.05) is 18.3 Å². The number of pyridine rings is 1. The van der Waals surface area contributed by atoms with Crippen LogP contribution < -0.4 is 10.5 Å². The van der Waals surface area contributed by atoms with Gasteiger partial charge in [-0.05, 0) is 96.0 Å². The number of aliphatic hydroxyl groups is 1. The van der Waals surface area contributed by atoms with E-state index in [-0.39, 0.29) is 12.4 Å². The third kappa shape index (κ3) is 6.70. The van der Waals surface area contributed by atoms with Crippen LogP contribution in [0.4, 0.5) is 4.39 Å². The lowest BCUT2D eigenvalue weighted by atomic mass is 9.88. The Bertz CT molecular complexity index is 1660. The number of aromatic nitrogens is 1. The minimum atomic E-state index is -0.692. The van der Waals surface area contributed by atoms with Crippen LogP contribution in [0.5, 0.6) is 5.75 Å². The number of fused-ring (bicyclic) bond motifs is 2. The summed E-state index contributed by atoms with van der Waals surface area (Å²) in [4.78, 5) is 19.3. The van der Waals surface area contributed by atoms with Gasteiger partial charge in [-0.1, -0.05) is 53.6 Å². The number of likely N-dealkylation sites (tertiary alicyclic amines) is 1. The number of carbonyl (C=O) groups excluding carboxylic acids is 1. The number of benzene rings is 3. The highest BCUT2D eigenvalue weighted by Gasteiger charge is 2.26. The van der Waals surface area contributed by atoms with Crippen LogP contribution in [-0.2, 0) is 17.6 Å². The third-order valence-corrected chi connectivity index (χ3v) is 8.79. The quantitative estimate of drug-likeness (QED) is 0.258. The number of hydrogen-bond acceptors (Lipinski definition) is 5. The summed E-state index contributed by atoms with van der Waals surface area (Å²) in [6.07, 6.45) is 4.89. The summed E-state index contributed by atoms with van der Waals surface area (Å²) < 4.78 is 19.2. The summed E-state index contributed by atoms with van der Waals surface area (Å²) in [7, 11) is 0. The molecule has 6 nitrogen and oxygen atoms in total. The number of aliphatic hydroxyl groups excluding tert-OH is 1. The lowest BCUT2D eigenvalue weighted by molar-refractivity contribution is -0.118. The van der Waals surface area contributed by atoms with Crippen LogP contribution in [0.2, 0.25) is 5.02 Å². The SMILES string of the molecule is NC(=O)C(c1ccc(F)cc1)c1ccc(OCC(O)CN2CCC(=C3c4ccc(Cl)cc4CCc4cccnc43)CC2)cc1. The van der Waals surface area contributed by atoms with Gasteiger partial charge in [-0.15, -0.1) is 0 Å². The Labute approximate surface area is 262 Å². The first-order valence-corrected chi connectivity index (χ1v) is 15.4. The molecular formula is C36H35ClFN3O3. The van der Waals surface area contributed by atoms with Gasteiger partial charge in [0.05, 0.1) is 11.6 Å². The fourth-order valence-electron chi connectivity index (χ4n) is 6.36. The van der Waals surface area contributed by atoms with Gasteiger partial charge in [0.2, 0.25) is 5.91 Å². The molecule has 0 spiro atoms. The van der Waals surface area contributed by atoms with Crippen molar-refractivity contribution in [2.24, 2.45) is 5.73 Å². The highest BCUT2D eigenvalue weighted by Crippen LogP contribution is 2.38. The first kappa shape index (κ1) is 30.0. The van der Waals surface area contributed by atoms with Gasteiger partial charge < -0.3 is 15.6 Å². The molecule has 44 heavy (non-hydrogen) atoms. The Balaban J connectivity index is 1.07. The summed E-state index contributed by atoms with van der Waals surface area (Å²) in [5.74, 6) is -1.00. The molecule has 0 bridgehead atoms. The van der Waals surface area contributed by atoms with Gasteiger partial charge in [-0.2, -0.15) is 0 Å². The van der Waals surface area contributed by atoms with Crippen molar-refractivity contribution in [1.29, 1.82) is 0 Å². The monoisotopic (exact) mass is 611 g/mol. The first-order chi connectivity index (χ1) is 21.4. The van der Waals surface area contributed by atoms with Gasteiger partial charge in [0.1, 0.15) is 24.3 Å². The predicted octanol–water partition coefficient (Wildman–Crippen LogP) is 5.93. The number of carbonyl (C=O) groups is 1. The molecule has 2 unspecified atom stereocenters. The molecule has 226 valence electrons. The van der Waals surface area contributed by atoms with Crippen molar-refractivity contribution in [3.8, 4) is 5.75 Å². The second-order valence-corrected chi connectivity index (χ2v) is 11.9. The normalized spacial score (nSPS) is 16.4. The average Bonchev–Trinajstić information content (AvgIpc) is 3.19. The second-order valence-electron chi connectivity index (χ2n) is 11.5. The molecule has 6 rings (SSSR count). The van der Waals surface area contributed by atoms with Crippen LogP contribution in [0.3, 0.4) is 0 Å². The van der Waals surface area contributed by atoms with Crippen molar-refractivity contribution in [3.05, 3.63) is 135 Å². The lowest BCUT2D eigenvalue weighted by Crippen LogP contribution is -2.39. The summed E-state index contributed by atoms with van der Waals surface area (Å²) in [6, 6.07) is 23.2. The summed E-state index contributed by atoms with van der Waals surface area (Å²) in [6.45, 7) is 2.34. The van der Waals surface area contributed by atoms with Crippen molar-refractivity contribution < 1.29 is 19.0 Å². The maximum atomic E-state index is 13.4. The van der Waals surface area contributed by atoms with Crippen LogP contribution in [0.25, 0.3) is 5.57 Å². The maximum Gasteiger partial charge on any atom is 0.229 e. The maximum absolute atomic E-state index is 13.4. The van der Waals surface area contributed by atoms with Crippen LogP contribution in [0.1, 0.15) is 52.3 Å². The number of β-amino-alcohol motifs (C(OH)–C–C–N with tert-alkyl or cyclic N) is 1. The Kier molecular flexibility index (Phi) is 9.07. The van der Waals surface area contributed by atoms with E-state index in [2.05, 4.69) is 23.1 Å². The predicted molar refractivity (Wildman–Crippen MR) is 170 cm³/mol. The summed E-state index contributed by atoms with van der Waals surface area (Å²) >= 11 is 6.37. The van der Waals surface area contributed by atoms with E-state index in [1.54, 1.807) is 36.4 Å². The second kappa shape index (κ2) is 13.3. The number of halogens is 2. The van der Waals surface area contributed by atoms with Gasteiger partial charge in [-0.25, -0.2) is 4.39 Å². The molecule has 0 radical (unpaired) electrons. The molecule has 8 heteroatoms. The summed E-state index contributed by atoms with van der Waals surface area (Å²) in [5, 5.41) is 11.6. The Morgan fingerprint density at radius 1 is 0.955 bits per heavy atom. The van der Waals surface area contributed by atoms with Gasteiger partial charge >= 0.3 is 0 Å². The van der Waals surface area contributed by atoms with Gasteiger partial charge in [-0.3, -0.25) is 14.7 Å². The Morgan fingerprint density at radius 2 is 1.64 bits per heavy atom. The fourth-order valence-corrected chi connectivity index (χ4v) is 6.56. The molecule has 1 amide bonds. The van der Waals surface area contributed by atoms with Crippen molar-refractivity contribution in [1.82, 2.24) is 9.88 Å². The number of piperidine rings is 1. The molecule has 2 atom stereocenters. The zero-order valence-electron chi connectivity index (χ0n) is 24.4. The highest BCUT2D eigenvalue weighted by molar-refractivity contribution is 6.30. The standard InChI is InChI=1S/C36H35ClFN3O3/c37-28-9-14-32-27(20-28)4-3-26-2-1-17-40-35(26)34(32)25-15-18-41(19-16-25)21-30(42)22-44-31-12-7-24(8-13-31)33(36(39)43)23-5-10-29(38)11-6-23/h1-2,5-14,17,20,30,33,42H,3-4,15-16,18-19,21-22H2,(H2,39,43). The molecule has 1 aliphatic carbocycles. The number of rotatable bonds is 8. The zero-order chi connectivity index (χ0) is 30.6. The number of nitrogens with zero attached hydrogens (tertiary/aromatic N) is 2. The number of aryl methyl sites for hydroxylation is 2. The van der Waals surface area contributed by atoms with E-state index in [9.17, 15) is 14.3 Å². The molecule has 2 heterocycles. The van der Waals surface area contributed by atoms with E-state index in [0.29, 0.717) is 23.4 Å². The molecule has 4 aromatic rings. The van der Waals surface area contributed by atoms with E-state index in [1.165, 1.54) is 40.0 Å². The zero-order valence-corrected chi connectivity index (χ0v) is 25.1. The number of amides is 1. The number of primary amides is 1. The minimum Gasteiger partial charge on any atom is -0.491 e. The van der Waals surface area contributed by atoms with Gasteiger partial charge in [0.25, 0.3) is 0 Å². The fraction of sp³-hybridized carbons (Fsp3) is 0.278. The van der Waals surface area contributed by atoms with E-state index in [0.717, 1.165) is 49.5 Å². The van der Waals surface area contributed by atoms with Crippen molar-refractivity contribution >= 4 is 23.1 Å². The van der Waals surface area contributed by atoms with Crippen molar-refractivity contribution in [3.63, 3.8) is 0 Å². The van der Waals surface area contributed by atoms with Crippen LogP contribution in [0.15, 0.2) is 90.6 Å².